The van der Waals surface area contributed by atoms with Crippen LogP contribution < -0.4 is 0 Å². The zero-order valence-corrected chi connectivity index (χ0v) is 8.35. The maximum absolute atomic E-state index is 10.7. The van der Waals surface area contributed by atoms with E-state index in [1.165, 1.54) is 6.92 Å². The molecule has 3 nitrogen and oxygen atoms in total. The number of ketones is 1. The van der Waals surface area contributed by atoms with E-state index in [2.05, 4.69) is 4.74 Å². The Kier molecular flexibility index (Phi) is 7.80. The molecule has 0 saturated carbocycles. The molecule has 0 rings (SSSR count). The number of hydrogen-bond donors (Lipinski definition) is 0. The average molecular weight is 195 g/mol. The van der Waals surface area contributed by atoms with Crippen molar-refractivity contribution in [3.05, 3.63) is 0 Å². The van der Waals surface area contributed by atoms with Crippen molar-refractivity contribution in [1.82, 2.24) is 0 Å². The Balaban J connectivity index is 0. The first kappa shape index (κ1) is 13.3. The Morgan fingerprint density at radius 1 is 1.45 bits per heavy atom. The summed E-state index contributed by atoms with van der Waals surface area (Å²) in [5.74, 6) is -1.20. The number of ether oxygens (including phenoxy) is 1. The molecule has 0 bridgehead atoms. The van der Waals surface area contributed by atoms with Crippen molar-refractivity contribution in [2.45, 2.75) is 20.8 Å². The molecule has 0 aromatic rings. The van der Waals surface area contributed by atoms with Gasteiger partial charge in [-0.25, -0.2) is 0 Å². The van der Waals surface area contributed by atoms with E-state index in [1.807, 2.05) is 0 Å². The van der Waals surface area contributed by atoms with Crippen LogP contribution in [0.1, 0.15) is 20.8 Å². The van der Waals surface area contributed by atoms with E-state index in [9.17, 15) is 9.59 Å². The van der Waals surface area contributed by atoms with Gasteiger partial charge in [-0.1, -0.05) is 0 Å². The molecular formula is C7H12O3V. The van der Waals surface area contributed by atoms with Gasteiger partial charge in [0.2, 0.25) is 0 Å². The van der Waals surface area contributed by atoms with Crippen molar-refractivity contribution in [3.8, 4) is 0 Å². The number of Topliss-reactive ketones (excluding diaryl/α,β-unsaturated/α-hetero) is 1. The van der Waals surface area contributed by atoms with Gasteiger partial charge in [0.05, 0.1) is 6.61 Å². The van der Waals surface area contributed by atoms with Crippen LogP contribution in [0, 0.1) is 5.92 Å². The van der Waals surface area contributed by atoms with Gasteiger partial charge in [-0.05, 0) is 20.8 Å². The van der Waals surface area contributed by atoms with Gasteiger partial charge in [-0.2, -0.15) is 0 Å². The summed E-state index contributed by atoms with van der Waals surface area (Å²) in [5.41, 5.74) is 0. The molecule has 0 N–H and O–H groups in total. The SMILES string of the molecule is CCOC(=O)C(C)C(C)=O.[V]. The molecule has 0 aliphatic rings. The topological polar surface area (TPSA) is 43.4 Å². The van der Waals surface area contributed by atoms with Crippen LogP contribution in [0.3, 0.4) is 0 Å². The van der Waals surface area contributed by atoms with Gasteiger partial charge >= 0.3 is 5.97 Å². The summed E-state index contributed by atoms with van der Waals surface area (Å²) in [6.45, 7) is 4.96. The molecular weight excluding hydrogens is 183 g/mol. The van der Waals surface area contributed by atoms with Gasteiger partial charge in [-0.15, -0.1) is 0 Å². The van der Waals surface area contributed by atoms with Crippen LogP contribution in [0.25, 0.3) is 0 Å². The maximum Gasteiger partial charge on any atom is 0.316 e. The van der Waals surface area contributed by atoms with E-state index in [-0.39, 0.29) is 24.3 Å². The molecule has 0 fully saturated rings. The monoisotopic (exact) mass is 195 g/mol. The van der Waals surface area contributed by atoms with E-state index in [4.69, 9.17) is 0 Å². The fourth-order valence-corrected chi connectivity index (χ4v) is 0.433. The zero-order chi connectivity index (χ0) is 8.15. The second-order valence-corrected chi connectivity index (χ2v) is 2.08. The number of carbonyl (C=O) groups excluding carboxylic acids is 2. The molecule has 11 heavy (non-hydrogen) atoms. The van der Waals surface area contributed by atoms with E-state index in [0.29, 0.717) is 6.61 Å². The summed E-state index contributed by atoms with van der Waals surface area (Å²) in [5, 5.41) is 0. The summed E-state index contributed by atoms with van der Waals surface area (Å²) in [7, 11) is 0. The first-order valence-corrected chi connectivity index (χ1v) is 3.26. The summed E-state index contributed by atoms with van der Waals surface area (Å²) >= 11 is 0. The van der Waals surface area contributed by atoms with Crippen LogP contribution in [0.4, 0.5) is 0 Å². The Morgan fingerprint density at radius 2 is 1.91 bits per heavy atom. The normalized spacial score (nSPS) is 11.2. The van der Waals surface area contributed by atoms with Crippen LogP contribution in [0.15, 0.2) is 0 Å². The second-order valence-electron chi connectivity index (χ2n) is 2.08. The van der Waals surface area contributed by atoms with Crippen molar-refractivity contribution < 1.29 is 32.9 Å². The molecule has 1 radical (unpaired) electrons. The number of hydrogen-bond acceptors (Lipinski definition) is 3. The molecule has 0 aliphatic carbocycles. The van der Waals surface area contributed by atoms with Gasteiger partial charge < -0.3 is 4.74 Å². The fraction of sp³-hybridized carbons (Fsp3) is 0.714. The molecule has 0 spiro atoms. The van der Waals surface area contributed by atoms with Gasteiger partial charge in [0.25, 0.3) is 0 Å². The zero-order valence-electron chi connectivity index (χ0n) is 6.96. The summed E-state index contributed by atoms with van der Waals surface area (Å²) in [6, 6.07) is 0. The first-order chi connectivity index (χ1) is 4.59. The van der Waals surface area contributed by atoms with E-state index in [1.54, 1.807) is 13.8 Å². The average Bonchev–Trinajstić information content (AvgIpc) is 1.87. The molecule has 0 saturated heterocycles. The summed E-state index contributed by atoms with van der Waals surface area (Å²) in [6.07, 6.45) is 0. The van der Waals surface area contributed by atoms with Crippen LogP contribution in [0.2, 0.25) is 0 Å². The molecule has 0 aromatic heterocycles. The standard InChI is InChI=1S/C7H12O3.V/c1-4-10-7(9)5(2)6(3)8;/h5H,4H2,1-3H3;. The largest absolute Gasteiger partial charge is 0.465 e. The smallest absolute Gasteiger partial charge is 0.316 e. The fourth-order valence-electron chi connectivity index (χ4n) is 0.433. The van der Waals surface area contributed by atoms with Crippen molar-refractivity contribution in [2.75, 3.05) is 6.61 Å². The molecule has 63 valence electrons. The molecule has 0 heterocycles. The Labute approximate surface area is 78.4 Å². The third kappa shape index (κ3) is 5.04. The van der Waals surface area contributed by atoms with Gasteiger partial charge in [0, 0.05) is 18.6 Å². The van der Waals surface area contributed by atoms with Crippen molar-refractivity contribution in [3.63, 3.8) is 0 Å². The Hall–Kier alpha value is -0.276. The van der Waals surface area contributed by atoms with Crippen LogP contribution in [0.5, 0.6) is 0 Å². The van der Waals surface area contributed by atoms with Crippen molar-refractivity contribution in [1.29, 1.82) is 0 Å². The van der Waals surface area contributed by atoms with Gasteiger partial charge in [0.1, 0.15) is 11.7 Å². The minimum absolute atomic E-state index is 0. The van der Waals surface area contributed by atoms with E-state index >= 15 is 0 Å². The minimum Gasteiger partial charge on any atom is -0.465 e. The Morgan fingerprint density at radius 3 is 2.18 bits per heavy atom. The minimum atomic E-state index is -0.611. The number of rotatable bonds is 3. The number of carbonyl (C=O) groups is 2. The predicted octanol–water partition coefficient (Wildman–Crippen LogP) is 0.772. The first-order valence-electron chi connectivity index (χ1n) is 3.26. The van der Waals surface area contributed by atoms with E-state index < -0.39 is 11.9 Å². The molecule has 1 atom stereocenters. The molecule has 1 unspecified atom stereocenters. The van der Waals surface area contributed by atoms with Gasteiger partial charge in [-0.3, -0.25) is 9.59 Å². The third-order valence-corrected chi connectivity index (χ3v) is 1.25. The van der Waals surface area contributed by atoms with Crippen molar-refractivity contribution in [2.24, 2.45) is 5.92 Å². The molecule has 4 heteroatoms. The third-order valence-electron chi connectivity index (χ3n) is 1.25. The quantitative estimate of drug-likeness (QED) is 0.493. The predicted molar refractivity (Wildman–Crippen MR) is 36.5 cm³/mol. The Bertz CT molecular complexity index is 145. The summed E-state index contributed by atoms with van der Waals surface area (Å²) in [4.78, 5) is 21.3. The van der Waals surface area contributed by atoms with Crippen LogP contribution in [-0.2, 0) is 32.9 Å². The molecule has 0 amide bonds. The second kappa shape index (κ2) is 6.44. The van der Waals surface area contributed by atoms with Crippen LogP contribution in [-0.4, -0.2) is 18.4 Å². The van der Waals surface area contributed by atoms with E-state index in [0.717, 1.165) is 0 Å². The molecule has 0 aliphatic heterocycles. The number of esters is 1. The van der Waals surface area contributed by atoms with Crippen LogP contribution >= 0.6 is 0 Å². The van der Waals surface area contributed by atoms with Gasteiger partial charge in [0.15, 0.2) is 0 Å². The summed E-state index contributed by atoms with van der Waals surface area (Å²) < 4.78 is 4.61. The maximum atomic E-state index is 10.7. The van der Waals surface area contributed by atoms with Crippen molar-refractivity contribution >= 4 is 11.8 Å². The molecule has 0 aromatic carbocycles.